The third-order valence-corrected chi connectivity index (χ3v) is 12.1. The van der Waals surface area contributed by atoms with E-state index in [9.17, 15) is 0 Å². The average molecular weight is 593 g/mol. The van der Waals surface area contributed by atoms with E-state index in [-0.39, 0.29) is 17.0 Å². The van der Waals surface area contributed by atoms with Crippen LogP contribution in [-0.2, 0) is 5.41 Å². The van der Waals surface area contributed by atoms with Crippen LogP contribution in [0.5, 0.6) is 0 Å². The Labute approximate surface area is 270 Å². The number of fused-ring (bicyclic) bond motifs is 3. The molecule has 0 aromatic heterocycles. The predicted molar refractivity (Wildman–Crippen MR) is 190 cm³/mol. The van der Waals surface area contributed by atoms with Gasteiger partial charge in [-0.3, -0.25) is 4.99 Å². The van der Waals surface area contributed by atoms with Crippen molar-refractivity contribution in [2.24, 2.45) is 22.7 Å². The molecule has 0 spiro atoms. The molecule has 0 amide bonds. The van der Waals surface area contributed by atoms with Gasteiger partial charge in [-0.15, -0.1) is 0 Å². The fourth-order valence-corrected chi connectivity index (χ4v) is 10.0. The molecule has 0 N–H and O–H groups in total. The van der Waals surface area contributed by atoms with Gasteiger partial charge in [-0.25, -0.2) is 0 Å². The molecular weight excluding hydrogens is 544 g/mol. The van der Waals surface area contributed by atoms with Crippen molar-refractivity contribution in [1.29, 1.82) is 0 Å². The van der Waals surface area contributed by atoms with Crippen LogP contribution >= 0.6 is 0 Å². The first-order valence-corrected chi connectivity index (χ1v) is 17.6. The number of nitrogens with zero attached hydrogens (tertiary/aromatic N) is 2. The zero-order valence-electron chi connectivity index (χ0n) is 27.6. The quantitative estimate of drug-likeness (QED) is 0.340. The van der Waals surface area contributed by atoms with Gasteiger partial charge in [0.1, 0.15) is 5.84 Å². The van der Waals surface area contributed by atoms with E-state index in [2.05, 4.69) is 130 Å². The molecule has 6 atom stereocenters. The number of amidine groups is 1. The minimum Gasteiger partial charge on any atom is -0.323 e. The Morgan fingerprint density at radius 3 is 2.49 bits per heavy atom. The van der Waals surface area contributed by atoms with E-state index in [0.29, 0.717) is 17.8 Å². The fraction of sp³-hybridized carbons (Fsp3) is 0.419. The normalized spacial score (nSPS) is 35.2. The minimum absolute atomic E-state index is 0.0194. The Hall–Kier alpha value is -3.65. The molecule has 0 saturated heterocycles. The second-order valence-electron chi connectivity index (χ2n) is 14.8. The van der Waals surface area contributed by atoms with Crippen molar-refractivity contribution in [1.82, 2.24) is 4.90 Å². The van der Waals surface area contributed by atoms with Crippen molar-refractivity contribution >= 4 is 11.4 Å². The van der Waals surface area contributed by atoms with Crippen LogP contribution in [0.1, 0.15) is 90.2 Å². The lowest BCUT2D eigenvalue weighted by atomic mass is 9.49. The topological polar surface area (TPSA) is 15.6 Å². The van der Waals surface area contributed by atoms with Gasteiger partial charge in [-0.1, -0.05) is 105 Å². The average Bonchev–Trinajstić information content (AvgIpc) is 3.34. The van der Waals surface area contributed by atoms with Crippen LogP contribution in [0.15, 0.2) is 130 Å². The summed E-state index contributed by atoms with van der Waals surface area (Å²) in [7, 11) is 0. The lowest BCUT2D eigenvalue weighted by Gasteiger charge is -2.54. The molecule has 6 aliphatic carbocycles. The Kier molecular flexibility index (Phi) is 7.04. The fourth-order valence-electron chi connectivity index (χ4n) is 10.0. The van der Waals surface area contributed by atoms with Crippen LogP contribution in [0.2, 0.25) is 0 Å². The predicted octanol–water partition coefficient (Wildman–Crippen LogP) is 10.5. The monoisotopic (exact) mass is 592 g/mol. The zero-order valence-corrected chi connectivity index (χ0v) is 27.6. The lowest BCUT2D eigenvalue weighted by molar-refractivity contribution is 0.186. The number of hydrogen-bond acceptors (Lipinski definition) is 2. The maximum absolute atomic E-state index is 5.12. The SMILES string of the molecule is CC1=NC2C=CC(c3ccc(C4(C)C5CCC=CC5=C(C5=CCCC=C5)C5=CC=CC(C)C54)cc3)=CC2(C)N1C1=CCCCC1. The highest BCUT2D eigenvalue weighted by atomic mass is 15.3. The molecule has 45 heavy (non-hydrogen) atoms. The number of allylic oxidation sites excluding steroid dienone is 16. The molecule has 1 aromatic carbocycles. The van der Waals surface area contributed by atoms with Crippen LogP contribution in [0.4, 0.5) is 0 Å². The molecule has 0 saturated carbocycles. The van der Waals surface area contributed by atoms with Crippen molar-refractivity contribution in [2.45, 2.75) is 96.1 Å². The summed E-state index contributed by atoms with van der Waals surface area (Å²) in [6.07, 6.45) is 38.6. The summed E-state index contributed by atoms with van der Waals surface area (Å²) >= 11 is 0. The number of hydrogen-bond donors (Lipinski definition) is 0. The van der Waals surface area contributed by atoms with E-state index in [0.717, 1.165) is 31.5 Å². The summed E-state index contributed by atoms with van der Waals surface area (Å²) < 4.78 is 0. The zero-order chi connectivity index (χ0) is 30.8. The van der Waals surface area contributed by atoms with Crippen LogP contribution in [0, 0.1) is 17.8 Å². The standard InChI is InChI=1S/C43H48N2/c1-29-14-13-20-37-40(32-15-7-5-8-16-32)36-19-11-12-21-38(36)43(4,41(29)37)34-25-22-31(23-26-34)33-24-27-39-42(3,28-33)45(30(2)44-39)35-17-9-6-10-18-35/h7,11,13-17,19-20,22-29,38-39,41H,5-6,8-10,12,18,21H2,1-4H3. The van der Waals surface area contributed by atoms with Gasteiger partial charge >= 0.3 is 0 Å². The van der Waals surface area contributed by atoms with Gasteiger partial charge in [0.15, 0.2) is 0 Å². The molecule has 0 fully saturated rings. The van der Waals surface area contributed by atoms with Crippen molar-refractivity contribution in [2.75, 3.05) is 0 Å². The Bertz CT molecular complexity index is 1710. The second-order valence-corrected chi connectivity index (χ2v) is 14.8. The molecule has 1 heterocycles. The van der Waals surface area contributed by atoms with Gasteiger partial charge < -0.3 is 4.90 Å². The van der Waals surface area contributed by atoms with E-state index in [1.807, 2.05) is 0 Å². The molecule has 8 rings (SSSR count). The number of aliphatic imine (C=N–C) groups is 1. The van der Waals surface area contributed by atoms with Gasteiger partial charge in [-0.2, -0.15) is 0 Å². The summed E-state index contributed by atoms with van der Waals surface area (Å²) in [5.74, 6) is 2.59. The highest BCUT2D eigenvalue weighted by Gasteiger charge is 2.52. The first-order valence-electron chi connectivity index (χ1n) is 17.6. The molecule has 7 aliphatic rings. The number of rotatable bonds is 4. The summed E-state index contributed by atoms with van der Waals surface area (Å²) in [4.78, 5) is 7.66. The third kappa shape index (κ3) is 4.46. The first kappa shape index (κ1) is 28.8. The van der Waals surface area contributed by atoms with Crippen LogP contribution in [0.25, 0.3) is 5.57 Å². The summed E-state index contributed by atoms with van der Waals surface area (Å²) in [5.41, 5.74) is 11.5. The van der Waals surface area contributed by atoms with E-state index in [1.54, 1.807) is 5.57 Å². The Morgan fingerprint density at radius 1 is 0.867 bits per heavy atom. The minimum atomic E-state index is -0.151. The van der Waals surface area contributed by atoms with E-state index in [1.165, 1.54) is 64.8 Å². The van der Waals surface area contributed by atoms with E-state index < -0.39 is 0 Å². The summed E-state index contributed by atoms with van der Waals surface area (Å²) in [6.45, 7) is 9.61. The van der Waals surface area contributed by atoms with Crippen molar-refractivity contribution in [3.05, 3.63) is 136 Å². The Morgan fingerprint density at radius 2 is 1.71 bits per heavy atom. The molecule has 1 aromatic rings. The van der Waals surface area contributed by atoms with Crippen LogP contribution in [-0.4, -0.2) is 22.3 Å². The van der Waals surface area contributed by atoms with E-state index in [4.69, 9.17) is 4.99 Å². The van der Waals surface area contributed by atoms with Crippen LogP contribution < -0.4 is 0 Å². The molecule has 6 unspecified atom stereocenters. The highest BCUT2D eigenvalue weighted by molar-refractivity contribution is 5.88. The maximum atomic E-state index is 5.12. The van der Waals surface area contributed by atoms with Gasteiger partial charge in [0.05, 0.1) is 11.6 Å². The van der Waals surface area contributed by atoms with Gasteiger partial charge in [-0.05, 0) is 122 Å². The molecule has 2 heteroatoms. The molecule has 0 radical (unpaired) electrons. The molecule has 2 nitrogen and oxygen atoms in total. The molecule has 1 aliphatic heterocycles. The number of benzene rings is 1. The Balaban J connectivity index is 1.18. The van der Waals surface area contributed by atoms with E-state index >= 15 is 0 Å². The second kappa shape index (κ2) is 11.0. The molecule has 230 valence electrons. The van der Waals surface area contributed by atoms with Crippen molar-refractivity contribution in [3.63, 3.8) is 0 Å². The van der Waals surface area contributed by atoms with Crippen molar-refractivity contribution in [3.8, 4) is 0 Å². The van der Waals surface area contributed by atoms with Gasteiger partial charge in [0, 0.05) is 17.0 Å². The van der Waals surface area contributed by atoms with Crippen molar-refractivity contribution < 1.29 is 0 Å². The van der Waals surface area contributed by atoms with Gasteiger partial charge in [0.2, 0.25) is 0 Å². The largest absolute Gasteiger partial charge is 0.323 e. The van der Waals surface area contributed by atoms with Crippen LogP contribution in [0.3, 0.4) is 0 Å². The first-order chi connectivity index (χ1) is 21.9. The summed E-state index contributed by atoms with van der Waals surface area (Å²) in [6, 6.07) is 9.93. The highest BCUT2D eigenvalue weighted by Crippen LogP contribution is 2.59. The molecular formula is C43H48N2. The van der Waals surface area contributed by atoms with Gasteiger partial charge in [0.25, 0.3) is 0 Å². The third-order valence-electron chi connectivity index (χ3n) is 12.1. The summed E-state index contributed by atoms with van der Waals surface area (Å²) in [5, 5.41) is 0. The smallest absolute Gasteiger partial charge is 0.102 e. The maximum Gasteiger partial charge on any atom is 0.102 e. The molecule has 0 bridgehead atoms. The lowest BCUT2D eigenvalue weighted by Crippen LogP contribution is -2.49.